The average molecular weight is 265 g/mol. The molecule has 0 saturated heterocycles. The van der Waals surface area contributed by atoms with E-state index in [1.165, 1.54) is 24.3 Å². The van der Waals surface area contributed by atoms with Crippen molar-refractivity contribution in [1.29, 1.82) is 0 Å². The molecular formula is C11H11N3O5. The maximum atomic E-state index is 11.7. The number of hydrogen-bond acceptors (Lipinski definition) is 5. The fraction of sp³-hybridized carbons (Fsp3) is 0.182. The van der Waals surface area contributed by atoms with Crippen LogP contribution < -0.4 is 4.73 Å². The Balaban J connectivity index is 2.32. The molecule has 0 bridgehead atoms. The fourth-order valence-electron chi connectivity index (χ4n) is 1.55. The SMILES string of the molecule is Cc1c(C)[n+]([O-])c(/C=C/c2ccc([N+](=O)[O-])o2)n1O. The number of imidazole rings is 1. The van der Waals surface area contributed by atoms with Gasteiger partial charge in [-0.25, -0.2) is 4.73 Å². The van der Waals surface area contributed by atoms with Crippen LogP contribution in [-0.4, -0.2) is 14.9 Å². The van der Waals surface area contributed by atoms with Crippen molar-refractivity contribution in [2.45, 2.75) is 13.8 Å². The monoisotopic (exact) mass is 265 g/mol. The van der Waals surface area contributed by atoms with E-state index in [0.717, 1.165) is 4.73 Å². The molecule has 2 aromatic heterocycles. The molecule has 0 aliphatic carbocycles. The van der Waals surface area contributed by atoms with Gasteiger partial charge >= 0.3 is 11.7 Å². The summed E-state index contributed by atoms with van der Waals surface area (Å²) >= 11 is 0. The number of rotatable bonds is 3. The van der Waals surface area contributed by atoms with E-state index in [4.69, 9.17) is 4.42 Å². The second-order valence-electron chi connectivity index (χ2n) is 3.90. The van der Waals surface area contributed by atoms with Gasteiger partial charge in [-0.15, -0.1) is 0 Å². The Bertz CT molecular complexity index is 643. The van der Waals surface area contributed by atoms with Crippen molar-refractivity contribution >= 4 is 18.0 Å². The van der Waals surface area contributed by atoms with E-state index in [-0.39, 0.29) is 17.5 Å². The van der Waals surface area contributed by atoms with Crippen LogP contribution in [0.25, 0.3) is 12.2 Å². The molecule has 0 radical (unpaired) electrons. The summed E-state index contributed by atoms with van der Waals surface area (Å²) in [5.41, 5.74) is 0.785. The van der Waals surface area contributed by atoms with E-state index in [0.29, 0.717) is 16.1 Å². The van der Waals surface area contributed by atoms with E-state index in [1.54, 1.807) is 13.8 Å². The van der Waals surface area contributed by atoms with Crippen LogP contribution in [0.15, 0.2) is 16.5 Å². The summed E-state index contributed by atoms with van der Waals surface area (Å²) in [5, 5.41) is 31.8. The minimum atomic E-state index is -0.659. The Morgan fingerprint density at radius 3 is 2.58 bits per heavy atom. The van der Waals surface area contributed by atoms with Gasteiger partial charge in [0.2, 0.25) is 0 Å². The Labute approximate surface area is 107 Å². The molecule has 0 unspecified atom stereocenters. The summed E-state index contributed by atoms with van der Waals surface area (Å²) in [4.78, 5) is 9.78. The van der Waals surface area contributed by atoms with Crippen molar-refractivity contribution in [3.63, 3.8) is 0 Å². The van der Waals surface area contributed by atoms with Crippen LogP contribution in [0.3, 0.4) is 0 Å². The second-order valence-corrected chi connectivity index (χ2v) is 3.90. The fourth-order valence-corrected chi connectivity index (χ4v) is 1.55. The lowest BCUT2D eigenvalue weighted by atomic mass is 10.4. The summed E-state index contributed by atoms with van der Waals surface area (Å²) in [5.74, 6) is -0.182. The number of nitro groups is 1. The molecule has 2 rings (SSSR count). The summed E-state index contributed by atoms with van der Waals surface area (Å²) < 4.78 is 6.20. The third-order valence-electron chi connectivity index (χ3n) is 2.76. The highest BCUT2D eigenvalue weighted by molar-refractivity contribution is 5.63. The van der Waals surface area contributed by atoms with Gasteiger partial charge in [0.15, 0.2) is 5.69 Å². The molecule has 8 nitrogen and oxygen atoms in total. The first-order chi connectivity index (χ1) is 8.91. The van der Waals surface area contributed by atoms with Crippen molar-refractivity contribution in [2.24, 2.45) is 0 Å². The van der Waals surface area contributed by atoms with Crippen molar-refractivity contribution in [3.8, 4) is 0 Å². The molecule has 0 fully saturated rings. The molecule has 0 spiro atoms. The van der Waals surface area contributed by atoms with Crippen molar-refractivity contribution in [2.75, 3.05) is 0 Å². The highest BCUT2D eigenvalue weighted by atomic mass is 16.6. The number of aromatic nitrogens is 2. The molecule has 0 atom stereocenters. The lowest BCUT2D eigenvalue weighted by molar-refractivity contribution is -0.615. The molecule has 0 saturated carbocycles. The molecule has 2 heterocycles. The zero-order chi connectivity index (χ0) is 14.2. The maximum absolute atomic E-state index is 11.7. The van der Waals surface area contributed by atoms with E-state index in [2.05, 4.69) is 0 Å². The quantitative estimate of drug-likeness (QED) is 0.298. The van der Waals surface area contributed by atoms with Crippen LogP contribution in [0.1, 0.15) is 23.0 Å². The van der Waals surface area contributed by atoms with Crippen LogP contribution in [0.5, 0.6) is 0 Å². The van der Waals surface area contributed by atoms with E-state index in [9.17, 15) is 20.5 Å². The molecule has 19 heavy (non-hydrogen) atoms. The molecule has 0 amide bonds. The summed E-state index contributed by atoms with van der Waals surface area (Å²) in [6, 6.07) is 2.60. The van der Waals surface area contributed by atoms with Gasteiger partial charge in [-0.2, -0.15) is 0 Å². The predicted molar refractivity (Wildman–Crippen MR) is 64.3 cm³/mol. The molecule has 100 valence electrons. The summed E-state index contributed by atoms with van der Waals surface area (Å²) in [7, 11) is 0. The average Bonchev–Trinajstić information content (AvgIpc) is 2.91. The molecule has 0 aliphatic heterocycles. The van der Waals surface area contributed by atoms with Crippen molar-refractivity contribution in [3.05, 3.63) is 50.4 Å². The highest BCUT2D eigenvalue weighted by Gasteiger charge is 2.19. The van der Waals surface area contributed by atoms with E-state index < -0.39 is 4.92 Å². The van der Waals surface area contributed by atoms with Crippen molar-refractivity contribution < 1.29 is 19.3 Å². The van der Waals surface area contributed by atoms with Gasteiger partial charge in [0.1, 0.15) is 16.4 Å². The van der Waals surface area contributed by atoms with Gasteiger partial charge in [-0.1, -0.05) is 0 Å². The zero-order valence-electron chi connectivity index (χ0n) is 10.2. The smallest absolute Gasteiger partial charge is 0.433 e. The zero-order valence-corrected chi connectivity index (χ0v) is 10.2. The lowest BCUT2D eigenvalue weighted by Gasteiger charge is -1.99. The topological polar surface area (TPSA) is 108 Å². The van der Waals surface area contributed by atoms with Crippen LogP contribution in [0.2, 0.25) is 0 Å². The first kappa shape index (κ1) is 12.7. The van der Waals surface area contributed by atoms with Gasteiger partial charge in [0, 0.05) is 19.9 Å². The molecule has 1 N–H and O–H groups in total. The van der Waals surface area contributed by atoms with Crippen molar-refractivity contribution in [1.82, 2.24) is 4.73 Å². The summed E-state index contributed by atoms with van der Waals surface area (Å²) in [6.45, 7) is 3.17. The minimum Gasteiger partial charge on any atom is -0.710 e. The Hall–Kier alpha value is -2.77. The van der Waals surface area contributed by atoms with Gasteiger partial charge in [-0.3, -0.25) is 10.1 Å². The van der Waals surface area contributed by atoms with E-state index >= 15 is 0 Å². The standard InChI is InChI=1S/C11H11N3O5/c1-7-8(2)13(16)10(12(7)15)5-3-9-4-6-11(19-9)14(17)18/h3-6,15H,1-2H3/b5-3+. The molecule has 2 aromatic rings. The third-order valence-corrected chi connectivity index (χ3v) is 2.76. The normalized spacial score (nSPS) is 11.3. The third kappa shape index (κ3) is 2.15. The molecule has 0 aromatic carbocycles. The Morgan fingerprint density at radius 1 is 1.42 bits per heavy atom. The summed E-state index contributed by atoms with van der Waals surface area (Å²) in [6.07, 6.45) is 2.68. The second kappa shape index (κ2) is 4.48. The van der Waals surface area contributed by atoms with Gasteiger partial charge < -0.3 is 14.8 Å². The first-order valence-corrected chi connectivity index (χ1v) is 5.35. The Morgan fingerprint density at radius 2 is 2.11 bits per heavy atom. The Kier molecular flexibility index (Phi) is 2.99. The van der Waals surface area contributed by atoms with Crippen LogP contribution in [0, 0.1) is 29.2 Å². The molecule has 8 heteroatoms. The van der Waals surface area contributed by atoms with Crippen LogP contribution >= 0.6 is 0 Å². The maximum Gasteiger partial charge on any atom is 0.433 e. The van der Waals surface area contributed by atoms with Gasteiger partial charge in [0.25, 0.3) is 0 Å². The minimum absolute atomic E-state index is 0.00551. The largest absolute Gasteiger partial charge is 0.710 e. The van der Waals surface area contributed by atoms with Crippen LogP contribution in [-0.2, 0) is 0 Å². The predicted octanol–water partition coefficient (Wildman–Crippen LogP) is 1.65. The van der Waals surface area contributed by atoms with E-state index in [1.807, 2.05) is 0 Å². The molecule has 0 aliphatic rings. The first-order valence-electron chi connectivity index (χ1n) is 5.35. The van der Waals surface area contributed by atoms with Gasteiger partial charge in [0.05, 0.1) is 6.07 Å². The number of hydrogen-bond donors (Lipinski definition) is 1. The number of nitrogens with zero attached hydrogens (tertiary/aromatic N) is 3. The lowest BCUT2D eigenvalue weighted by Crippen LogP contribution is -2.31. The number of furan rings is 1. The highest BCUT2D eigenvalue weighted by Crippen LogP contribution is 2.17. The van der Waals surface area contributed by atoms with Crippen LogP contribution in [0.4, 0.5) is 5.88 Å². The molecular weight excluding hydrogens is 254 g/mol. The van der Waals surface area contributed by atoms with Gasteiger partial charge in [-0.05, 0) is 16.9 Å².